The van der Waals surface area contributed by atoms with Crippen LogP contribution in [0.3, 0.4) is 0 Å². The fraction of sp³-hybridized carbons (Fsp3) is 0.0769. The van der Waals surface area contributed by atoms with E-state index in [1.807, 2.05) is 0 Å². The molecule has 0 aliphatic heterocycles. The average Bonchev–Trinajstić information content (AvgIpc) is 2.41. The van der Waals surface area contributed by atoms with E-state index in [1.54, 1.807) is 0 Å². The van der Waals surface area contributed by atoms with E-state index in [2.05, 4.69) is 10.3 Å². The lowest BCUT2D eigenvalue weighted by molar-refractivity contribution is 0.102. The summed E-state index contributed by atoms with van der Waals surface area (Å²) in [6.45, 7) is 0. The number of anilines is 1. The highest BCUT2D eigenvalue weighted by Gasteiger charge is 2.13. The largest absolute Gasteiger partial charge is 0.504 e. The summed E-state index contributed by atoms with van der Waals surface area (Å²) in [5.74, 6) is -1.16. The number of halogens is 2. The van der Waals surface area contributed by atoms with Gasteiger partial charge in [0, 0.05) is 11.8 Å². The molecule has 2 N–H and O–H groups in total. The zero-order valence-electron chi connectivity index (χ0n) is 10.4. The predicted molar refractivity (Wildman–Crippen MR) is 71.8 cm³/mol. The first-order valence-corrected chi connectivity index (χ1v) is 5.88. The highest BCUT2D eigenvalue weighted by atomic mass is 35.5. The van der Waals surface area contributed by atoms with Gasteiger partial charge in [0.15, 0.2) is 11.5 Å². The third-order valence-corrected chi connectivity index (χ3v) is 2.79. The number of phenolic OH excluding ortho intramolecular Hbond substituents is 1. The van der Waals surface area contributed by atoms with E-state index in [-0.39, 0.29) is 22.2 Å². The minimum Gasteiger partial charge on any atom is -0.504 e. The van der Waals surface area contributed by atoms with Crippen LogP contribution < -0.4 is 10.1 Å². The number of hydrogen-bond acceptors (Lipinski definition) is 4. The number of rotatable bonds is 3. The van der Waals surface area contributed by atoms with Gasteiger partial charge >= 0.3 is 0 Å². The number of ether oxygens (including phenoxy) is 1. The van der Waals surface area contributed by atoms with E-state index >= 15 is 0 Å². The van der Waals surface area contributed by atoms with Gasteiger partial charge in [-0.25, -0.2) is 9.37 Å². The smallest absolute Gasteiger partial charge is 0.258 e. The van der Waals surface area contributed by atoms with Crippen LogP contribution in [-0.2, 0) is 0 Å². The fourth-order valence-electron chi connectivity index (χ4n) is 1.55. The van der Waals surface area contributed by atoms with Crippen LogP contribution in [0.25, 0.3) is 0 Å². The molecule has 0 radical (unpaired) electrons. The van der Waals surface area contributed by atoms with E-state index in [4.69, 9.17) is 16.3 Å². The Bertz CT molecular complexity index is 664. The molecule has 0 unspecified atom stereocenters. The number of nitrogens with zero attached hydrogens (tertiary/aromatic N) is 1. The van der Waals surface area contributed by atoms with Crippen LogP contribution in [0, 0.1) is 5.82 Å². The number of carbonyl (C=O) groups is 1. The zero-order chi connectivity index (χ0) is 14.7. The summed E-state index contributed by atoms with van der Waals surface area (Å²) >= 11 is 5.73. The molecule has 1 amide bonds. The molecule has 7 heteroatoms. The van der Waals surface area contributed by atoms with Gasteiger partial charge in [0.05, 0.1) is 18.9 Å². The third kappa shape index (κ3) is 2.97. The second-order valence-electron chi connectivity index (χ2n) is 3.83. The topological polar surface area (TPSA) is 71.5 Å². The summed E-state index contributed by atoms with van der Waals surface area (Å²) in [5, 5.41) is 12.0. The first-order valence-electron chi connectivity index (χ1n) is 5.50. The molecule has 0 aliphatic rings. The summed E-state index contributed by atoms with van der Waals surface area (Å²) in [7, 11) is 1.41. The van der Waals surface area contributed by atoms with Crippen molar-refractivity contribution in [1.82, 2.24) is 4.98 Å². The Morgan fingerprint density at radius 3 is 2.85 bits per heavy atom. The molecule has 20 heavy (non-hydrogen) atoms. The van der Waals surface area contributed by atoms with Crippen molar-refractivity contribution in [1.29, 1.82) is 0 Å². The fourth-order valence-corrected chi connectivity index (χ4v) is 1.74. The van der Waals surface area contributed by atoms with E-state index in [9.17, 15) is 14.3 Å². The van der Waals surface area contributed by atoms with Crippen molar-refractivity contribution in [3.05, 3.63) is 47.0 Å². The van der Waals surface area contributed by atoms with Crippen molar-refractivity contribution < 1.29 is 19.0 Å². The SMILES string of the molecule is COc1ccc(NC(=O)c2cc(F)cnc2Cl)cc1O. The molecule has 1 aromatic heterocycles. The molecule has 1 heterocycles. The van der Waals surface area contributed by atoms with E-state index < -0.39 is 11.7 Å². The van der Waals surface area contributed by atoms with Crippen molar-refractivity contribution in [2.45, 2.75) is 0 Å². The molecule has 0 bridgehead atoms. The van der Waals surface area contributed by atoms with Crippen LogP contribution in [0.4, 0.5) is 10.1 Å². The second kappa shape index (κ2) is 5.75. The number of aromatic nitrogens is 1. The van der Waals surface area contributed by atoms with Gasteiger partial charge in [0.2, 0.25) is 0 Å². The summed E-state index contributed by atoms with van der Waals surface area (Å²) in [4.78, 5) is 15.5. The van der Waals surface area contributed by atoms with Crippen molar-refractivity contribution in [2.24, 2.45) is 0 Å². The number of benzene rings is 1. The van der Waals surface area contributed by atoms with Crippen LogP contribution >= 0.6 is 11.6 Å². The number of pyridine rings is 1. The Hall–Kier alpha value is -2.34. The minimum atomic E-state index is -0.669. The van der Waals surface area contributed by atoms with Crippen molar-refractivity contribution in [3.8, 4) is 11.5 Å². The Kier molecular flexibility index (Phi) is 4.05. The highest BCUT2D eigenvalue weighted by molar-refractivity contribution is 6.33. The Labute approximate surface area is 119 Å². The van der Waals surface area contributed by atoms with Gasteiger partial charge in [-0.2, -0.15) is 0 Å². The van der Waals surface area contributed by atoms with Gasteiger partial charge in [-0.05, 0) is 18.2 Å². The average molecular weight is 297 g/mol. The number of methoxy groups -OCH3 is 1. The van der Waals surface area contributed by atoms with Crippen LogP contribution in [0.15, 0.2) is 30.5 Å². The quantitative estimate of drug-likeness (QED) is 0.854. The van der Waals surface area contributed by atoms with Gasteiger partial charge < -0.3 is 15.2 Å². The van der Waals surface area contributed by atoms with E-state index in [0.717, 1.165) is 12.3 Å². The summed E-state index contributed by atoms with van der Waals surface area (Å²) in [6.07, 6.45) is 0.915. The van der Waals surface area contributed by atoms with Crippen molar-refractivity contribution >= 4 is 23.2 Å². The molecule has 1 aromatic carbocycles. The van der Waals surface area contributed by atoms with Gasteiger partial charge in [0.1, 0.15) is 11.0 Å². The van der Waals surface area contributed by atoms with Crippen LogP contribution in [-0.4, -0.2) is 23.1 Å². The van der Waals surface area contributed by atoms with Gasteiger partial charge in [-0.15, -0.1) is 0 Å². The summed E-state index contributed by atoms with van der Waals surface area (Å²) < 4.78 is 17.9. The Morgan fingerprint density at radius 2 is 2.20 bits per heavy atom. The van der Waals surface area contributed by atoms with Crippen LogP contribution in [0.5, 0.6) is 11.5 Å². The third-order valence-electron chi connectivity index (χ3n) is 2.49. The van der Waals surface area contributed by atoms with Gasteiger partial charge in [-0.1, -0.05) is 11.6 Å². The molecule has 2 aromatic rings. The Morgan fingerprint density at radius 1 is 1.45 bits per heavy atom. The van der Waals surface area contributed by atoms with E-state index in [1.165, 1.54) is 25.3 Å². The number of hydrogen-bond donors (Lipinski definition) is 2. The van der Waals surface area contributed by atoms with E-state index in [0.29, 0.717) is 5.69 Å². The van der Waals surface area contributed by atoms with Crippen LogP contribution in [0.1, 0.15) is 10.4 Å². The molecule has 0 spiro atoms. The lowest BCUT2D eigenvalue weighted by Crippen LogP contribution is -2.13. The molecular formula is C13H10ClFN2O3. The second-order valence-corrected chi connectivity index (χ2v) is 4.19. The maximum atomic E-state index is 13.1. The molecule has 0 atom stereocenters. The maximum absolute atomic E-state index is 13.1. The number of carbonyl (C=O) groups excluding carboxylic acids is 1. The molecule has 2 rings (SSSR count). The number of amides is 1. The highest BCUT2D eigenvalue weighted by Crippen LogP contribution is 2.29. The zero-order valence-corrected chi connectivity index (χ0v) is 11.1. The summed E-state index contributed by atoms with van der Waals surface area (Å²) in [6, 6.07) is 5.29. The normalized spacial score (nSPS) is 10.2. The number of nitrogens with one attached hydrogen (secondary N) is 1. The molecule has 0 saturated carbocycles. The van der Waals surface area contributed by atoms with Crippen molar-refractivity contribution in [2.75, 3.05) is 12.4 Å². The molecule has 0 fully saturated rings. The molecule has 5 nitrogen and oxygen atoms in total. The van der Waals surface area contributed by atoms with Gasteiger partial charge in [0.25, 0.3) is 5.91 Å². The Balaban J connectivity index is 2.23. The van der Waals surface area contributed by atoms with Crippen molar-refractivity contribution in [3.63, 3.8) is 0 Å². The molecular weight excluding hydrogens is 287 g/mol. The van der Waals surface area contributed by atoms with Crippen LogP contribution in [0.2, 0.25) is 5.15 Å². The molecule has 0 saturated heterocycles. The summed E-state index contributed by atoms with van der Waals surface area (Å²) in [5.41, 5.74) is 0.218. The standard InChI is InChI=1S/C13H10ClFN2O3/c1-20-11-3-2-8(5-10(11)18)17-13(19)9-4-7(15)6-16-12(9)14/h2-6,18H,1H3,(H,17,19). The number of phenols is 1. The maximum Gasteiger partial charge on any atom is 0.258 e. The minimum absolute atomic E-state index is 0.0954. The predicted octanol–water partition coefficient (Wildman–Crippen LogP) is 2.84. The van der Waals surface area contributed by atoms with Gasteiger partial charge in [-0.3, -0.25) is 4.79 Å². The monoisotopic (exact) mass is 296 g/mol. The number of aromatic hydroxyl groups is 1. The first-order chi connectivity index (χ1) is 9.51. The first kappa shape index (κ1) is 14.1. The molecule has 0 aliphatic carbocycles. The lowest BCUT2D eigenvalue weighted by atomic mass is 10.2. The lowest BCUT2D eigenvalue weighted by Gasteiger charge is -2.08. The molecule has 104 valence electrons.